The highest BCUT2D eigenvalue weighted by Gasteiger charge is 2.19. The van der Waals surface area contributed by atoms with Crippen LogP contribution in [0.25, 0.3) is 6.08 Å². The van der Waals surface area contributed by atoms with E-state index in [9.17, 15) is 9.59 Å². The van der Waals surface area contributed by atoms with E-state index in [0.717, 1.165) is 12.0 Å². The molecule has 0 bridgehead atoms. The van der Waals surface area contributed by atoms with Gasteiger partial charge in [0.25, 0.3) is 0 Å². The average molecular weight is 434 g/mol. The third-order valence-electron chi connectivity index (χ3n) is 5.16. The van der Waals surface area contributed by atoms with E-state index in [1.165, 1.54) is 0 Å². The number of nitrogens with zero attached hydrogens (tertiary/aromatic N) is 1. The van der Waals surface area contributed by atoms with Crippen molar-refractivity contribution < 1.29 is 14.3 Å². The molecule has 3 N–H and O–H groups in total. The highest BCUT2D eigenvalue weighted by Crippen LogP contribution is 2.17. The van der Waals surface area contributed by atoms with Crippen molar-refractivity contribution in [2.45, 2.75) is 40.2 Å². The summed E-state index contributed by atoms with van der Waals surface area (Å²) in [5, 5.41) is 7.40. The number of ether oxygens (including phenoxy) is 1. The molecule has 1 unspecified atom stereocenters. The van der Waals surface area contributed by atoms with E-state index in [0.29, 0.717) is 29.0 Å². The second kappa shape index (κ2) is 11.6. The number of amides is 1. The first kappa shape index (κ1) is 24.6. The topological polar surface area (TPSA) is 96.5 Å². The average Bonchev–Trinajstić information content (AvgIpc) is 2.79. The van der Waals surface area contributed by atoms with Gasteiger partial charge in [0.15, 0.2) is 0 Å². The molecule has 0 fully saturated rings. The highest BCUT2D eigenvalue weighted by atomic mass is 16.5. The van der Waals surface area contributed by atoms with Gasteiger partial charge >= 0.3 is 5.97 Å². The smallest absolute Gasteiger partial charge is 0.343 e. The second-order valence-corrected chi connectivity index (χ2v) is 7.56. The van der Waals surface area contributed by atoms with Crippen molar-refractivity contribution >= 4 is 23.8 Å². The molecule has 2 aromatic carbocycles. The molecule has 6 nitrogen and oxygen atoms in total. The molecular weight excluding hydrogens is 402 g/mol. The molecule has 168 valence electrons. The first-order valence-electron chi connectivity index (χ1n) is 10.6. The summed E-state index contributed by atoms with van der Waals surface area (Å²) in [6.45, 7) is 8.43. The predicted octanol–water partition coefficient (Wildman–Crippen LogP) is 4.80. The number of nitrogen functional groups attached to an aromatic ring is 1. The summed E-state index contributed by atoms with van der Waals surface area (Å²) in [7, 11) is 0. The third-order valence-corrected chi connectivity index (χ3v) is 5.16. The zero-order valence-corrected chi connectivity index (χ0v) is 19.1. The van der Waals surface area contributed by atoms with Crippen LogP contribution >= 0.6 is 0 Å². The number of rotatable bonds is 9. The van der Waals surface area contributed by atoms with E-state index in [4.69, 9.17) is 15.9 Å². The summed E-state index contributed by atoms with van der Waals surface area (Å²) in [6.07, 6.45) is 6.62. The van der Waals surface area contributed by atoms with Crippen LogP contribution in [0.4, 0.5) is 0 Å². The lowest BCUT2D eigenvalue weighted by molar-refractivity contribution is -0.128. The molecular formula is C26H31N3O3. The fourth-order valence-electron chi connectivity index (χ4n) is 3.02. The summed E-state index contributed by atoms with van der Waals surface area (Å²) in [5.41, 5.74) is 7.85. The molecule has 0 saturated heterocycles. The lowest BCUT2D eigenvalue weighted by atomic mass is 10.1. The minimum absolute atomic E-state index is 0.00468. The molecule has 0 heterocycles. The van der Waals surface area contributed by atoms with Gasteiger partial charge in [0.2, 0.25) is 5.91 Å². The number of carbonyl (C=O) groups excluding carboxylic acids is 2. The number of nitrogens with one attached hydrogen (secondary N) is 1. The van der Waals surface area contributed by atoms with E-state index in [-0.39, 0.29) is 17.8 Å². The van der Waals surface area contributed by atoms with Gasteiger partial charge in [-0.15, -0.1) is 0 Å². The molecule has 1 atom stereocenters. The molecule has 2 aromatic rings. The number of hydrogen-bond acceptors (Lipinski definition) is 4. The van der Waals surface area contributed by atoms with E-state index in [1.807, 2.05) is 37.0 Å². The standard InChI is InChI=1S/C26H31N3O3/c1-5-7-16-29(19(4)6-2)25(30)18(3)17-20-8-10-22(11-9-20)26(31)32-23-14-12-21(13-15-23)24(27)28/h5,7-15,17,19H,6,16H2,1-4H3,(H3,27,28)/b7-5+,18-17+. The normalized spacial score (nSPS) is 12.4. The van der Waals surface area contributed by atoms with Crippen LogP contribution < -0.4 is 10.5 Å². The monoisotopic (exact) mass is 433 g/mol. The van der Waals surface area contributed by atoms with E-state index >= 15 is 0 Å². The van der Waals surface area contributed by atoms with Gasteiger partial charge in [-0.1, -0.05) is 31.2 Å². The van der Waals surface area contributed by atoms with Crippen molar-refractivity contribution in [2.24, 2.45) is 5.73 Å². The number of benzene rings is 2. The number of allylic oxidation sites excluding steroid dienone is 1. The molecule has 0 aromatic heterocycles. The zero-order valence-electron chi connectivity index (χ0n) is 19.1. The van der Waals surface area contributed by atoms with Crippen LogP contribution in [0.3, 0.4) is 0 Å². The van der Waals surface area contributed by atoms with Gasteiger partial charge in [0, 0.05) is 23.7 Å². The Morgan fingerprint density at radius 3 is 2.22 bits per heavy atom. The van der Waals surface area contributed by atoms with Crippen molar-refractivity contribution in [3.05, 3.63) is 82.9 Å². The van der Waals surface area contributed by atoms with Crippen LogP contribution in [-0.4, -0.2) is 35.2 Å². The number of hydrogen-bond donors (Lipinski definition) is 2. The zero-order chi connectivity index (χ0) is 23.7. The van der Waals surface area contributed by atoms with Gasteiger partial charge in [0.1, 0.15) is 11.6 Å². The predicted molar refractivity (Wildman–Crippen MR) is 129 cm³/mol. The van der Waals surface area contributed by atoms with Gasteiger partial charge in [-0.2, -0.15) is 0 Å². The van der Waals surface area contributed by atoms with E-state index in [1.54, 1.807) is 55.5 Å². The van der Waals surface area contributed by atoms with Gasteiger partial charge in [-0.25, -0.2) is 4.79 Å². The third kappa shape index (κ3) is 6.67. The van der Waals surface area contributed by atoms with Crippen molar-refractivity contribution in [3.8, 4) is 5.75 Å². The minimum atomic E-state index is -0.488. The Labute approximate surface area is 189 Å². The van der Waals surface area contributed by atoms with Crippen molar-refractivity contribution in [1.29, 1.82) is 5.41 Å². The largest absolute Gasteiger partial charge is 0.423 e. The quantitative estimate of drug-likeness (QED) is 0.148. The van der Waals surface area contributed by atoms with Gasteiger partial charge < -0.3 is 15.4 Å². The molecule has 0 aliphatic rings. The van der Waals surface area contributed by atoms with Gasteiger partial charge in [-0.05, 0) is 75.2 Å². The number of carbonyl (C=O) groups is 2. The Balaban J connectivity index is 2.09. The van der Waals surface area contributed by atoms with E-state index in [2.05, 4.69) is 6.92 Å². The number of amidine groups is 1. The second-order valence-electron chi connectivity index (χ2n) is 7.56. The molecule has 0 saturated carbocycles. The Morgan fingerprint density at radius 2 is 1.69 bits per heavy atom. The Kier molecular flexibility index (Phi) is 8.95. The van der Waals surface area contributed by atoms with Crippen LogP contribution in [0.15, 0.2) is 66.3 Å². The Hall–Kier alpha value is -3.67. The summed E-state index contributed by atoms with van der Waals surface area (Å²) in [5.74, 6) is -0.167. The summed E-state index contributed by atoms with van der Waals surface area (Å²) in [4.78, 5) is 27.2. The summed E-state index contributed by atoms with van der Waals surface area (Å²) in [6, 6.07) is 13.5. The van der Waals surface area contributed by atoms with Gasteiger partial charge in [-0.3, -0.25) is 10.2 Å². The Bertz CT molecular complexity index is 1010. The fraction of sp³-hybridized carbons (Fsp3) is 0.269. The first-order chi connectivity index (χ1) is 15.3. The van der Waals surface area contributed by atoms with Crippen molar-refractivity contribution in [2.75, 3.05) is 6.54 Å². The van der Waals surface area contributed by atoms with E-state index < -0.39 is 5.97 Å². The Morgan fingerprint density at radius 1 is 1.09 bits per heavy atom. The number of esters is 1. The SMILES string of the molecule is C/C=C/CN(C(=O)/C(C)=C/c1ccc(C(=O)Oc2ccc(C(=N)N)cc2)cc1)C(C)CC. The summed E-state index contributed by atoms with van der Waals surface area (Å²) >= 11 is 0. The molecule has 32 heavy (non-hydrogen) atoms. The molecule has 0 spiro atoms. The highest BCUT2D eigenvalue weighted by molar-refractivity contribution is 5.98. The van der Waals surface area contributed by atoms with Crippen molar-refractivity contribution in [1.82, 2.24) is 4.90 Å². The maximum atomic E-state index is 12.9. The van der Waals surface area contributed by atoms with Crippen LogP contribution in [0, 0.1) is 5.41 Å². The van der Waals surface area contributed by atoms with Crippen LogP contribution in [0.2, 0.25) is 0 Å². The maximum absolute atomic E-state index is 12.9. The molecule has 0 aliphatic heterocycles. The molecule has 2 rings (SSSR count). The number of nitrogens with two attached hydrogens (primary N) is 1. The molecule has 6 heteroatoms. The summed E-state index contributed by atoms with van der Waals surface area (Å²) < 4.78 is 5.37. The fourth-order valence-corrected chi connectivity index (χ4v) is 3.02. The van der Waals surface area contributed by atoms with Crippen molar-refractivity contribution in [3.63, 3.8) is 0 Å². The molecule has 0 radical (unpaired) electrons. The minimum Gasteiger partial charge on any atom is -0.423 e. The van der Waals surface area contributed by atoms with Crippen LogP contribution in [0.1, 0.15) is 55.6 Å². The van der Waals surface area contributed by atoms with Crippen LogP contribution in [0.5, 0.6) is 5.75 Å². The lowest BCUT2D eigenvalue weighted by Crippen LogP contribution is -2.38. The lowest BCUT2D eigenvalue weighted by Gasteiger charge is -2.28. The van der Waals surface area contributed by atoms with Gasteiger partial charge in [0.05, 0.1) is 5.56 Å². The molecule has 1 amide bonds. The maximum Gasteiger partial charge on any atom is 0.343 e. The first-order valence-corrected chi connectivity index (χ1v) is 10.6. The van der Waals surface area contributed by atoms with Crippen LogP contribution in [-0.2, 0) is 4.79 Å². The molecule has 0 aliphatic carbocycles.